The van der Waals surface area contributed by atoms with Crippen LogP contribution >= 0.6 is 11.3 Å². The number of aryl methyl sites for hydroxylation is 1. The fourth-order valence-electron chi connectivity index (χ4n) is 2.33. The summed E-state index contributed by atoms with van der Waals surface area (Å²) in [5, 5.41) is 7.65. The third-order valence-corrected chi connectivity index (χ3v) is 4.08. The Morgan fingerprint density at radius 2 is 2.10 bits per heavy atom. The van der Waals surface area contributed by atoms with E-state index in [2.05, 4.69) is 59.8 Å². The summed E-state index contributed by atoms with van der Waals surface area (Å²) < 4.78 is 0. The number of hydrogen-bond donors (Lipinski definition) is 1. The summed E-state index contributed by atoms with van der Waals surface area (Å²) in [6.45, 7) is 8.09. The van der Waals surface area contributed by atoms with E-state index in [1.807, 2.05) is 0 Å². The van der Waals surface area contributed by atoms with Gasteiger partial charge in [0, 0.05) is 32.1 Å². The van der Waals surface area contributed by atoms with Gasteiger partial charge in [-0.1, -0.05) is 6.92 Å². The van der Waals surface area contributed by atoms with Crippen molar-refractivity contribution in [1.29, 1.82) is 0 Å². The molecule has 0 saturated carbocycles. The first-order chi connectivity index (χ1) is 10.2. The van der Waals surface area contributed by atoms with Gasteiger partial charge in [-0.05, 0) is 42.7 Å². The third kappa shape index (κ3) is 3.94. The van der Waals surface area contributed by atoms with Crippen molar-refractivity contribution in [3.8, 4) is 0 Å². The maximum absolute atomic E-state index is 4.76. The monoisotopic (exact) mass is 304 g/mol. The van der Waals surface area contributed by atoms with Gasteiger partial charge in [-0.3, -0.25) is 0 Å². The highest BCUT2D eigenvalue weighted by Gasteiger charge is 2.14. The van der Waals surface area contributed by atoms with Crippen molar-refractivity contribution in [2.45, 2.75) is 40.2 Å². The Morgan fingerprint density at radius 3 is 2.71 bits per heavy atom. The zero-order valence-corrected chi connectivity index (χ0v) is 14.1. The minimum Gasteiger partial charge on any atom is -0.370 e. The van der Waals surface area contributed by atoms with Crippen molar-refractivity contribution in [3.63, 3.8) is 0 Å². The lowest BCUT2D eigenvalue weighted by atomic mass is 10.2. The van der Waals surface area contributed by atoms with Crippen LogP contribution in [-0.4, -0.2) is 23.6 Å². The molecule has 0 aromatic carbocycles. The molecule has 2 rings (SSSR count). The maximum atomic E-state index is 4.76. The molecule has 21 heavy (non-hydrogen) atoms. The lowest BCUT2D eigenvalue weighted by Gasteiger charge is -2.22. The largest absolute Gasteiger partial charge is 0.370 e. The Kier molecular flexibility index (Phi) is 5.56. The Bertz CT molecular complexity index is 566. The number of nitrogens with zero attached hydrogens (tertiary/aromatic N) is 3. The van der Waals surface area contributed by atoms with Gasteiger partial charge in [0.1, 0.15) is 17.5 Å². The van der Waals surface area contributed by atoms with E-state index >= 15 is 0 Å². The first-order valence-electron chi connectivity index (χ1n) is 7.49. The minimum absolute atomic E-state index is 0.872. The summed E-state index contributed by atoms with van der Waals surface area (Å²) in [6, 6.07) is 2.16. The molecule has 0 aliphatic rings. The van der Waals surface area contributed by atoms with E-state index in [9.17, 15) is 0 Å². The third-order valence-electron chi connectivity index (χ3n) is 3.35. The topological polar surface area (TPSA) is 41.1 Å². The molecule has 0 aliphatic carbocycles. The lowest BCUT2D eigenvalue weighted by molar-refractivity contribution is 0.807. The molecular weight excluding hydrogens is 280 g/mol. The van der Waals surface area contributed by atoms with Crippen LogP contribution in [0.15, 0.2) is 16.8 Å². The fraction of sp³-hybridized carbons (Fsp3) is 0.500. The Labute approximate surface area is 131 Å². The molecule has 0 amide bonds. The molecule has 0 saturated heterocycles. The normalized spacial score (nSPS) is 10.7. The zero-order chi connectivity index (χ0) is 15.2. The van der Waals surface area contributed by atoms with Crippen molar-refractivity contribution in [1.82, 2.24) is 9.97 Å². The standard InChI is InChI=1S/C16H24N4S/c1-5-7-14-18-15(17-6-2)12(3)16(19-14)20(4)10-13-8-9-21-11-13/h8-9,11H,5-7,10H2,1-4H3,(H,17,18,19). The summed E-state index contributed by atoms with van der Waals surface area (Å²) >= 11 is 1.73. The fourth-order valence-corrected chi connectivity index (χ4v) is 2.99. The number of nitrogens with one attached hydrogen (secondary N) is 1. The summed E-state index contributed by atoms with van der Waals surface area (Å²) in [5.74, 6) is 2.91. The van der Waals surface area contributed by atoms with Crippen LogP contribution in [0.25, 0.3) is 0 Å². The molecule has 0 spiro atoms. The molecule has 2 heterocycles. The number of aromatic nitrogens is 2. The maximum Gasteiger partial charge on any atom is 0.137 e. The average Bonchev–Trinajstić information content (AvgIpc) is 2.95. The van der Waals surface area contributed by atoms with Crippen LogP contribution in [0.5, 0.6) is 0 Å². The molecule has 5 heteroatoms. The summed E-state index contributed by atoms with van der Waals surface area (Å²) in [6.07, 6.45) is 1.97. The summed E-state index contributed by atoms with van der Waals surface area (Å²) in [5.41, 5.74) is 2.44. The number of hydrogen-bond acceptors (Lipinski definition) is 5. The van der Waals surface area contributed by atoms with Gasteiger partial charge in [0.2, 0.25) is 0 Å². The molecule has 0 radical (unpaired) electrons. The lowest BCUT2D eigenvalue weighted by Crippen LogP contribution is -2.21. The van der Waals surface area contributed by atoms with Gasteiger partial charge in [-0.15, -0.1) is 0 Å². The predicted octanol–water partition coefficient (Wildman–Crippen LogP) is 3.87. The summed E-state index contributed by atoms with van der Waals surface area (Å²) in [7, 11) is 2.10. The van der Waals surface area contributed by atoms with E-state index < -0.39 is 0 Å². The zero-order valence-electron chi connectivity index (χ0n) is 13.3. The molecule has 0 atom stereocenters. The van der Waals surface area contributed by atoms with E-state index in [1.54, 1.807) is 11.3 Å². The molecular formula is C16H24N4S. The van der Waals surface area contributed by atoms with Crippen molar-refractivity contribution < 1.29 is 0 Å². The molecule has 1 N–H and O–H groups in total. The second-order valence-corrected chi connectivity index (χ2v) is 5.99. The number of rotatable bonds is 7. The molecule has 2 aromatic rings. The Hall–Kier alpha value is -1.62. The first kappa shape index (κ1) is 15.8. The predicted molar refractivity (Wildman–Crippen MR) is 91.4 cm³/mol. The van der Waals surface area contributed by atoms with Gasteiger partial charge in [0.25, 0.3) is 0 Å². The van der Waals surface area contributed by atoms with E-state index in [0.717, 1.165) is 49.0 Å². The van der Waals surface area contributed by atoms with Crippen LogP contribution in [0.2, 0.25) is 0 Å². The SMILES string of the molecule is CCCc1nc(NCC)c(C)c(N(C)Cc2ccsc2)n1. The van der Waals surface area contributed by atoms with Crippen LogP contribution in [0.1, 0.15) is 37.2 Å². The second-order valence-electron chi connectivity index (χ2n) is 5.21. The van der Waals surface area contributed by atoms with Crippen LogP contribution in [0, 0.1) is 6.92 Å². The smallest absolute Gasteiger partial charge is 0.137 e. The number of thiophene rings is 1. The molecule has 2 aromatic heterocycles. The van der Waals surface area contributed by atoms with Crippen LogP contribution < -0.4 is 10.2 Å². The Balaban J connectivity index is 2.30. The van der Waals surface area contributed by atoms with E-state index in [4.69, 9.17) is 4.98 Å². The number of anilines is 2. The van der Waals surface area contributed by atoms with E-state index in [0.29, 0.717) is 0 Å². The van der Waals surface area contributed by atoms with Crippen LogP contribution in [-0.2, 0) is 13.0 Å². The molecule has 0 bridgehead atoms. The van der Waals surface area contributed by atoms with Gasteiger partial charge < -0.3 is 10.2 Å². The van der Waals surface area contributed by atoms with Crippen LogP contribution in [0.4, 0.5) is 11.6 Å². The minimum atomic E-state index is 0.872. The average molecular weight is 304 g/mol. The van der Waals surface area contributed by atoms with Crippen molar-refractivity contribution in [2.24, 2.45) is 0 Å². The van der Waals surface area contributed by atoms with Gasteiger partial charge in [0.15, 0.2) is 0 Å². The molecule has 0 unspecified atom stereocenters. The summed E-state index contributed by atoms with van der Waals surface area (Å²) in [4.78, 5) is 11.6. The van der Waals surface area contributed by atoms with Gasteiger partial charge in [0.05, 0.1) is 0 Å². The molecule has 0 fully saturated rings. The first-order valence-corrected chi connectivity index (χ1v) is 8.43. The van der Waals surface area contributed by atoms with Gasteiger partial charge in [-0.2, -0.15) is 11.3 Å². The van der Waals surface area contributed by atoms with Crippen molar-refractivity contribution >= 4 is 23.0 Å². The highest BCUT2D eigenvalue weighted by Crippen LogP contribution is 2.24. The van der Waals surface area contributed by atoms with E-state index in [-0.39, 0.29) is 0 Å². The van der Waals surface area contributed by atoms with Crippen LogP contribution in [0.3, 0.4) is 0 Å². The van der Waals surface area contributed by atoms with Crippen molar-refractivity contribution in [2.75, 3.05) is 23.8 Å². The highest BCUT2D eigenvalue weighted by atomic mass is 32.1. The molecule has 114 valence electrons. The van der Waals surface area contributed by atoms with Crippen molar-refractivity contribution in [3.05, 3.63) is 33.8 Å². The molecule has 0 aliphatic heterocycles. The van der Waals surface area contributed by atoms with Gasteiger partial charge >= 0.3 is 0 Å². The second kappa shape index (κ2) is 7.41. The quantitative estimate of drug-likeness (QED) is 0.843. The van der Waals surface area contributed by atoms with E-state index in [1.165, 1.54) is 5.56 Å². The molecule has 4 nitrogen and oxygen atoms in total. The van der Waals surface area contributed by atoms with Gasteiger partial charge in [-0.25, -0.2) is 9.97 Å². The highest BCUT2D eigenvalue weighted by molar-refractivity contribution is 7.07. The Morgan fingerprint density at radius 1 is 1.29 bits per heavy atom.